The van der Waals surface area contributed by atoms with E-state index in [1.807, 2.05) is 0 Å². The molecule has 0 aliphatic rings. The molecule has 0 unspecified atom stereocenters. The number of ether oxygens (including phenoxy) is 1. The lowest BCUT2D eigenvalue weighted by Gasteiger charge is -2.03. The van der Waals surface area contributed by atoms with Crippen LogP contribution < -0.4 is 4.74 Å². The minimum atomic E-state index is -3.01. The number of aromatic nitrogens is 1. The van der Waals surface area contributed by atoms with E-state index in [2.05, 4.69) is 25.7 Å². The van der Waals surface area contributed by atoms with Crippen LogP contribution in [0.1, 0.15) is 0 Å². The number of halogens is 3. The van der Waals surface area contributed by atoms with Gasteiger partial charge in [0.2, 0.25) is 5.88 Å². The van der Waals surface area contributed by atoms with Crippen molar-refractivity contribution in [3.63, 3.8) is 0 Å². The van der Waals surface area contributed by atoms with Crippen molar-refractivity contribution in [2.75, 3.05) is 0 Å². The maximum Gasteiger partial charge on any atom is 0.388 e. The van der Waals surface area contributed by atoms with Crippen molar-refractivity contribution in [2.24, 2.45) is 0 Å². The van der Waals surface area contributed by atoms with Crippen LogP contribution in [0.15, 0.2) is 16.7 Å². The minimum Gasteiger partial charge on any atom is -0.416 e. The molecule has 0 N–H and O–H groups in total. The van der Waals surface area contributed by atoms with Gasteiger partial charge in [-0.25, -0.2) is 4.98 Å². The fourth-order valence-electron chi connectivity index (χ4n) is 0.686. The van der Waals surface area contributed by atoms with Gasteiger partial charge in [-0.15, -0.1) is 0 Å². The number of nitro groups is 1. The molecule has 0 spiro atoms. The molecule has 76 valence electrons. The Balaban J connectivity index is 2.95. The number of hydrogen-bond acceptors (Lipinski definition) is 4. The summed E-state index contributed by atoms with van der Waals surface area (Å²) in [4.78, 5) is 12.9. The number of alkyl halides is 2. The summed E-state index contributed by atoms with van der Waals surface area (Å²) in [5.41, 5.74) is -0.307. The monoisotopic (exact) mass is 268 g/mol. The topological polar surface area (TPSA) is 65.3 Å². The zero-order valence-corrected chi connectivity index (χ0v) is 8.07. The van der Waals surface area contributed by atoms with Crippen LogP contribution >= 0.6 is 15.9 Å². The van der Waals surface area contributed by atoms with Gasteiger partial charge >= 0.3 is 6.61 Å². The first kappa shape index (κ1) is 10.8. The standard InChI is InChI=1S/C6H3BrF2N2O3/c7-4-1-3(11(12)13)2-10-5(4)14-6(8)9/h1-2,6H. The van der Waals surface area contributed by atoms with E-state index in [9.17, 15) is 18.9 Å². The van der Waals surface area contributed by atoms with Crippen LogP contribution in [0.5, 0.6) is 5.88 Å². The fraction of sp³-hybridized carbons (Fsp3) is 0.167. The number of hydrogen-bond donors (Lipinski definition) is 0. The van der Waals surface area contributed by atoms with Gasteiger partial charge in [0.1, 0.15) is 6.20 Å². The molecule has 1 rings (SSSR count). The van der Waals surface area contributed by atoms with Gasteiger partial charge in [-0.1, -0.05) is 0 Å². The Bertz CT molecular complexity index is 361. The van der Waals surface area contributed by atoms with Crippen molar-refractivity contribution in [3.8, 4) is 5.88 Å². The minimum absolute atomic E-state index is 0.00648. The highest BCUT2D eigenvalue weighted by molar-refractivity contribution is 9.10. The van der Waals surface area contributed by atoms with Gasteiger partial charge in [-0.3, -0.25) is 10.1 Å². The van der Waals surface area contributed by atoms with E-state index >= 15 is 0 Å². The Morgan fingerprint density at radius 1 is 1.64 bits per heavy atom. The summed E-state index contributed by atoms with van der Waals surface area (Å²) in [5.74, 6) is -0.384. The maximum atomic E-state index is 11.7. The quantitative estimate of drug-likeness (QED) is 0.624. The van der Waals surface area contributed by atoms with Gasteiger partial charge in [0.15, 0.2) is 0 Å². The van der Waals surface area contributed by atoms with E-state index in [0.29, 0.717) is 0 Å². The molecule has 5 nitrogen and oxygen atoms in total. The summed E-state index contributed by atoms with van der Waals surface area (Å²) in [5, 5.41) is 10.2. The Morgan fingerprint density at radius 2 is 2.29 bits per heavy atom. The van der Waals surface area contributed by atoms with E-state index in [1.54, 1.807) is 0 Å². The molecule has 0 bridgehead atoms. The average Bonchev–Trinajstić information content (AvgIpc) is 2.07. The van der Waals surface area contributed by atoms with Crippen molar-refractivity contribution < 1.29 is 18.4 Å². The SMILES string of the molecule is O=[N+]([O-])c1cnc(OC(F)F)c(Br)c1. The van der Waals surface area contributed by atoms with E-state index in [4.69, 9.17) is 0 Å². The molecule has 0 aliphatic carbocycles. The Hall–Kier alpha value is -1.31. The summed E-state index contributed by atoms with van der Waals surface area (Å²) in [6.45, 7) is -3.01. The molecule has 14 heavy (non-hydrogen) atoms. The molecular formula is C6H3BrF2N2O3. The molecule has 1 aromatic heterocycles. The molecule has 0 aliphatic heterocycles. The van der Waals surface area contributed by atoms with Crippen LogP contribution in [-0.2, 0) is 0 Å². The normalized spacial score (nSPS) is 10.3. The summed E-state index contributed by atoms with van der Waals surface area (Å²) in [6.07, 6.45) is 0.836. The summed E-state index contributed by atoms with van der Waals surface area (Å²) < 4.78 is 27.5. The van der Waals surface area contributed by atoms with Gasteiger partial charge in [-0.05, 0) is 15.9 Å². The molecule has 0 amide bonds. The maximum absolute atomic E-state index is 11.7. The predicted molar refractivity (Wildman–Crippen MR) is 45.2 cm³/mol. The molecule has 0 saturated heterocycles. The van der Waals surface area contributed by atoms with Gasteiger partial charge < -0.3 is 4.74 Å². The molecule has 8 heteroatoms. The van der Waals surface area contributed by atoms with Crippen LogP contribution in [-0.4, -0.2) is 16.5 Å². The lowest BCUT2D eigenvalue weighted by molar-refractivity contribution is -0.385. The first-order valence-electron chi connectivity index (χ1n) is 3.25. The largest absolute Gasteiger partial charge is 0.416 e. The second-order valence-electron chi connectivity index (χ2n) is 2.12. The van der Waals surface area contributed by atoms with Gasteiger partial charge in [0.25, 0.3) is 5.69 Å². The third-order valence-corrected chi connectivity index (χ3v) is 1.77. The van der Waals surface area contributed by atoms with Crippen LogP contribution in [0.3, 0.4) is 0 Å². The molecule has 1 heterocycles. The summed E-state index contributed by atoms with van der Waals surface area (Å²) in [6, 6.07) is 1.03. The number of pyridine rings is 1. The molecule has 0 fully saturated rings. The second kappa shape index (κ2) is 4.27. The lowest BCUT2D eigenvalue weighted by atomic mass is 10.4. The Kier molecular flexibility index (Phi) is 3.28. The predicted octanol–water partition coefficient (Wildman–Crippen LogP) is 2.35. The number of nitrogens with zero attached hydrogens (tertiary/aromatic N) is 2. The molecule has 0 aromatic carbocycles. The molecule has 0 saturated carbocycles. The van der Waals surface area contributed by atoms with Gasteiger partial charge in [-0.2, -0.15) is 8.78 Å². The summed E-state index contributed by atoms with van der Waals surface area (Å²) in [7, 11) is 0. The van der Waals surface area contributed by atoms with Crippen molar-refractivity contribution in [3.05, 3.63) is 26.9 Å². The van der Waals surface area contributed by atoms with Gasteiger partial charge in [0.05, 0.1) is 9.40 Å². The highest BCUT2D eigenvalue weighted by atomic mass is 79.9. The van der Waals surface area contributed by atoms with Crippen LogP contribution in [0, 0.1) is 10.1 Å². The number of rotatable bonds is 3. The highest BCUT2D eigenvalue weighted by Gasteiger charge is 2.14. The van der Waals surface area contributed by atoms with E-state index in [-0.39, 0.29) is 16.0 Å². The van der Waals surface area contributed by atoms with E-state index in [0.717, 1.165) is 12.3 Å². The van der Waals surface area contributed by atoms with Crippen LogP contribution in [0.25, 0.3) is 0 Å². The molecule has 0 radical (unpaired) electrons. The van der Waals surface area contributed by atoms with E-state index < -0.39 is 11.5 Å². The smallest absolute Gasteiger partial charge is 0.388 e. The molecule has 1 aromatic rings. The summed E-state index contributed by atoms with van der Waals surface area (Å²) >= 11 is 2.82. The Morgan fingerprint density at radius 3 is 2.71 bits per heavy atom. The van der Waals surface area contributed by atoms with Crippen molar-refractivity contribution >= 4 is 21.6 Å². The van der Waals surface area contributed by atoms with Crippen molar-refractivity contribution in [1.82, 2.24) is 4.98 Å². The van der Waals surface area contributed by atoms with Crippen molar-refractivity contribution in [2.45, 2.75) is 6.61 Å². The van der Waals surface area contributed by atoms with E-state index in [1.165, 1.54) is 0 Å². The third kappa shape index (κ3) is 2.59. The first-order valence-corrected chi connectivity index (χ1v) is 4.04. The fourth-order valence-corrected chi connectivity index (χ4v) is 1.12. The van der Waals surface area contributed by atoms with Crippen molar-refractivity contribution in [1.29, 1.82) is 0 Å². The van der Waals surface area contributed by atoms with Crippen LogP contribution in [0.2, 0.25) is 0 Å². The lowest BCUT2D eigenvalue weighted by Crippen LogP contribution is -2.04. The average molecular weight is 269 g/mol. The third-order valence-electron chi connectivity index (χ3n) is 1.20. The first-order chi connectivity index (χ1) is 6.50. The Labute approximate surface area is 85.0 Å². The molecule has 0 atom stereocenters. The highest BCUT2D eigenvalue weighted by Crippen LogP contribution is 2.27. The molecular weight excluding hydrogens is 266 g/mol. The zero-order valence-electron chi connectivity index (χ0n) is 6.49. The van der Waals surface area contributed by atoms with Gasteiger partial charge in [0, 0.05) is 6.07 Å². The van der Waals surface area contributed by atoms with Crippen LogP contribution in [0.4, 0.5) is 14.5 Å². The zero-order chi connectivity index (χ0) is 10.7. The second-order valence-corrected chi connectivity index (χ2v) is 2.97.